The molecular formula is C25H28F2N6O3. The third-order valence-electron chi connectivity index (χ3n) is 7.05. The van der Waals surface area contributed by atoms with E-state index in [1.807, 2.05) is 10.9 Å². The number of aromatic nitrogens is 2. The molecule has 3 aliphatic heterocycles. The van der Waals surface area contributed by atoms with Crippen molar-refractivity contribution in [3.05, 3.63) is 59.6 Å². The summed E-state index contributed by atoms with van der Waals surface area (Å²) < 4.78 is 27.1. The molecule has 2 fully saturated rings. The number of nitrogens with zero attached hydrogens (tertiary/aromatic N) is 4. The number of nitrogens with one attached hydrogen (secondary N) is 2. The minimum Gasteiger partial charge on any atom is -0.380 e. The molecule has 1 aromatic carbocycles. The zero-order chi connectivity index (χ0) is 25.4. The Morgan fingerprint density at radius 2 is 1.92 bits per heavy atom. The van der Waals surface area contributed by atoms with Gasteiger partial charge in [0.05, 0.1) is 29.9 Å². The third-order valence-corrected chi connectivity index (χ3v) is 7.05. The van der Waals surface area contributed by atoms with Crippen molar-refractivity contribution >= 4 is 23.4 Å². The van der Waals surface area contributed by atoms with Crippen LogP contribution in [0.25, 0.3) is 0 Å². The first-order valence-electron chi connectivity index (χ1n) is 12.1. The second-order valence-corrected chi connectivity index (χ2v) is 9.46. The van der Waals surface area contributed by atoms with Gasteiger partial charge in [-0.2, -0.15) is 5.10 Å². The number of piperidine rings is 2. The van der Waals surface area contributed by atoms with E-state index < -0.39 is 30.2 Å². The van der Waals surface area contributed by atoms with Crippen molar-refractivity contribution < 1.29 is 23.2 Å². The molecule has 1 atom stereocenters. The molecule has 1 unspecified atom stereocenters. The summed E-state index contributed by atoms with van der Waals surface area (Å²) in [7, 11) is 0. The molecule has 2 N–H and O–H groups in total. The third kappa shape index (κ3) is 4.62. The van der Waals surface area contributed by atoms with Crippen LogP contribution in [-0.4, -0.2) is 69.4 Å². The zero-order valence-electron chi connectivity index (χ0n) is 19.8. The molecule has 11 heteroatoms. The number of allylic oxidation sites excluding steroid dienone is 1. The smallest absolute Gasteiger partial charge is 0.264 e. The largest absolute Gasteiger partial charge is 0.380 e. The monoisotopic (exact) mass is 498 g/mol. The highest BCUT2D eigenvalue weighted by molar-refractivity contribution is 6.25. The maximum atomic E-state index is 13.3. The first kappa shape index (κ1) is 24.1. The van der Waals surface area contributed by atoms with Crippen LogP contribution in [0.2, 0.25) is 0 Å². The Morgan fingerprint density at radius 3 is 2.64 bits per heavy atom. The molecule has 36 heavy (non-hydrogen) atoms. The molecular weight excluding hydrogens is 470 g/mol. The van der Waals surface area contributed by atoms with Gasteiger partial charge in [-0.15, -0.1) is 0 Å². The summed E-state index contributed by atoms with van der Waals surface area (Å²) in [6.07, 6.45) is 3.69. The molecule has 0 bridgehead atoms. The molecule has 5 rings (SSSR count). The van der Waals surface area contributed by atoms with Gasteiger partial charge in [0.15, 0.2) is 0 Å². The Kier molecular flexibility index (Phi) is 6.57. The summed E-state index contributed by atoms with van der Waals surface area (Å²) >= 11 is 0. The Hall–Kier alpha value is -3.60. The van der Waals surface area contributed by atoms with E-state index in [0.29, 0.717) is 43.9 Å². The molecule has 9 nitrogen and oxygen atoms in total. The molecule has 3 amide bonds. The van der Waals surface area contributed by atoms with Crippen LogP contribution in [0.3, 0.4) is 0 Å². The zero-order valence-corrected chi connectivity index (χ0v) is 19.8. The fourth-order valence-corrected chi connectivity index (χ4v) is 5.17. The summed E-state index contributed by atoms with van der Waals surface area (Å²) in [6.45, 7) is 5.16. The maximum absolute atomic E-state index is 13.3. The van der Waals surface area contributed by atoms with Crippen molar-refractivity contribution in [2.24, 2.45) is 0 Å². The minimum atomic E-state index is -2.32. The van der Waals surface area contributed by atoms with Crippen LogP contribution in [0, 0.1) is 0 Å². The van der Waals surface area contributed by atoms with Crippen LogP contribution < -0.4 is 10.6 Å². The van der Waals surface area contributed by atoms with E-state index in [4.69, 9.17) is 0 Å². The second kappa shape index (κ2) is 9.81. The summed E-state index contributed by atoms with van der Waals surface area (Å²) in [6, 6.07) is 4.33. The van der Waals surface area contributed by atoms with Gasteiger partial charge in [-0.05, 0) is 37.8 Å². The molecule has 0 aliphatic carbocycles. The number of fused-ring (bicyclic) bond motifs is 1. The van der Waals surface area contributed by atoms with Gasteiger partial charge >= 0.3 is 0 Å². The van der Waals surface area contributed by atoms with E-state index in [-0.39, 0.29) is 23.7 Å². The lowest BCUT2D eigenvalue weighted by molar-refractivity contribution is -0.125. The summed E-state index contributed by atoms with van der Waals surface area (Å²) in [5, 5.41) is 10.3. The average molecular weight is 499 g/mol. The van der Waals surface area contributed by atoms with Gasteiger partial charge in [-0.25, -0.2) is 8.78 Å². The van der Waals surface area contributed by atoms with Gasteiger partial charge in [0, 0.05) is 42.8 Å². The normalized spacial score (nSPS) is 21.3. The van der Waals surface area contributed by atoms with Crippen molar-refractivity contribution in [1.82, 2.24) is 24.9 Å². The number of hydrogen-bond acceptors (Lipinski definition) is 6. The first-order valence-corrected chi connectivity index (χ1v) is 12.1. The fraction of sp³-hybridized carbons (Fsp3) is 0.440. The van der Waals surface area contributed by atoms with Crippen LogP contribution in [0.15, 0.2) is 42.9 Å². The summed E-state index contributed by atoms with van der Waals surface area (Å²) in [5.74, 6) is -1.36. The van der Waals surface area contributed by atoms with E-state index in [2.05, 4.69) is 22.3 Å². The standard InChI is InChI=1S/C25H28F2N6O3/c1-15-5-6-20(23(34)30-15)33-24(35)18-3-2-4-19(22(18)25(33)36)28-11-16-12-29-32(13-16)17-7-9-31(10-8-17)14-21(26)27/h2-4,12-13,17,20-21,28H,1,5-11,14H2,(H,30,34). The Morgan fingerprint density at radius 1 is 1.14 bits per heavy atom. The highest BCUT2D eigenvalue weighted by Crippen LogP contribution is 2.33. The lowest BCUT2D eigenvalue weighted by Crippen LogP contribution is -2.51. The van der Waals surface area contributed by atoms with Crippen molar-refractivity contribution in [3.8, 4) is 0 Å². The van der Waals surface area contributed by atoms with Gasteiger partial charge in [-0.1, -0.05) is 12.6 Å². The molecule has 0 radical (unpaired) electrons. The molecule has 2 aromatic rings. The van der Waals surface area contributed by atoms with E-state index in [9.17, 15) is 23.2 Å². The summed E-state index contributed by atoms with van der Waals surface area (Å²) in [4.78, 5) is 41.6. The lowest BCUT2D eigenvalue weighted by Gasteiger charge is -2.31. The number of hydrogen-bond donors (Lipinski definition) is 2. The fourth-order valence-electron chi connectivity index (χ4n) is 5.17. The number of rotatable bonds is 7. The Bertz CT molecular complexity index is 1200. The van der Waals surface area contributed by atoms with E-state index in [1.165, 1.54) is 0 Å². The van der Waals surface area contributed by atoms with Crippen molar-refractivity contribution in [3.63, 3.8) is 0 Å². The SMILES string of the molecule is C=C1CCC(N2C(=O)c3cccc(NCc4cnn(C5CCN(CC(F)F)CC5)c4)c3C2=O)C(=O)N1. The molecule has 4 heterocycles. The van der Waals surface area contributed by atoms with Gasteiger partial charge in [0.2, 0.25) is 5.91 Å². The second-order valence-electron chi connectivity index (χ2n) is 9.46. The maximum Gasteiger partial charge on any atom is 0.264 e. The number of likely N-dealkylation sites (tertiary alicyclic amines) is 1. The number of carbonyl (C=O) groups is 3. The first-order chi connectivity index (χ1) is 17.3. The quantitative estimate of drug-likeness (QED) is 0.570. The average Bonchev–Trinajstić information content (AvgIpc) is 3.42. The number of benzene rings is 1. The van der Waals surface area contributed by atoms with Gasteiger partial charge in [0.25, 0.3) is 18.2 Å². The van der Waals surface area contributed by atoms with E-state index in [1.54, 1.807) is 29.3 Å². The van der Waals surface area contributed by atoms with Gasteiger partial charge < -0.3 is 10.6 Å². The number of alkyl halides is 2. The van der Waals surface area contributed by atoms with Crippen molar-refractivity contribution in [1.29, 1.82) is 0 Å². The van der Waals surface area contributed by atoms with Crippen LogP contribution >= 0.6 is 0 Å². The van der Waals surface area contributed by atoms with Crippen LogP contribution in [0.5, 0.6) is 0 Å². The number of anilines is 1. The molecule has 1 aromatic heterocycles. The van der Waals surface area contributed by atoms with Crippen LogP contribution in [-0.2, 0) is 11.3 Å². The van der Waals surface area contributed by atoms with Crippen molar-refractivity contribution in [2.45, 2.75) is 50.7 Å². The Balaban J connectivity index is 1.25. The lowest BCUT2D eigenvalue weighted by atomic mass is 10.0. The predicted octanol–water partition coefficient (Wildman–Crippen LogP) is 2.79. The van der Waals surface area contributed by atoms with Crippen molar-refractivity contribution in [2.75, 3.05) is 25.0 Å². The number of halogens is 2. The molecule has 0 saturated carbocycles. The Labute approximate surface area is 207 Å². The molecule has 0 spiro atoms. The topological polar surface area (TPSA) is 99.6 Å². The molecule has 190 valence electrons. The van der Waals surface area contributed by atoms with E-state index >= 15 is 0 Å². The van der Waals surface area contributed by atoms with Gasteiger partial charge in [-0.3, -0.25) is 28.9 Å². The summed E-state index contributed by atoms with van der Waals surface area (Å²) in [5.41, 5.74) is 2.52. The predicted molar refractivity (Wildman–Crippen MR) is 128 cm³/mol. The molecule has 3 aliphatic rings. The highest BCUT2D eigenvalue weighted by atomic mass is 19.3. The highest BCUT2D eigenvalue weighted by Gasteiger charge is 2.45. The van der Waals surface area contributed by atoms with Crippen LogP contribution in [0.1, 0.15) is 58.0 Å². The number of carbonyl (C=O) groups excluding carboxylic acids is 3. The number of imide groups is 1. The van der Waals surface area contributed by atoms with E-state index in [0.717, 1.165) is 23.3 Å². The minimum absolute atomic E-state index is 0.152. The molecule has 2 saturated heterocycles. The van der Waals surface area contributed by atoms with Crippen LogP contribution in [0.4, 0.5) is 14.5 Å². The van der Waals surface area contributed by atoms with Gasteiger partial charge in [0.1, 0.15) is 6.04 Å². The number of amides is 3.